The van der Waals surface area contributed by atoms with E-state index in [1.54, 1.807) is 6.20 Å². The van der Waals surface area contributed by atoms with Crippen LogP contribution in [0.5, 0.6) is 0 Å². The van der Waals surface area contributed by atoms with Crippen molar-refractivity contribution in [3.8, 4) is 0 Å². The molecule has 5 rings (SSSR count). The van der Waals surface area contributed by atoms with Crippen LogP contribution in [0.2, 0.25) is 0 Å². The lowest BCUT2D eigenvalue weighted by Gasteiger charge is -2.35. The van der Waals surface area contributed by atoms with Crippen LogP contribution in [0.1, 0.15) is 37.4 Å². The van der Waals surface area contributed by atoms with Crippen molar-refractivity contribution >= 4 is 38.6 Å². The topological polar surface area (TPSA) is 53.9 Å². The first kappa shape index (κ1) is 20.5. The molecule has 1 aliphatic heterocycles. The molecule has 31 heavy (non-hydrogen) atoms. The highest BCUT2D eigenvalue weighted by Crippen LogP contribution is 2.38. The third kappa shape index (κ3) is 4.33. The number of hydrogen-bond donors (Lipinski definition) is 1. The summed E-state index contributed by atoms with van der Waals surface area (Å²) in [6, 6.07) is 5.29. The molecule has 0 unspecified atom stereocenters. The highest BCUT2D eigenvalue weighted by atomic mass is 79.9. The van der Waals surface area contributed by atoms with Crippen LogP contribution in [-0.4, -0.2) is 34.1 Å². The van der Waals surface area contributed by atoms with Gasteiger partial charge in [0.25, 0.3) is 0 Å². The summed E-state index contributed by atoms with van der Waals surface area (Å²) in [5, 5.41) is 3.46. The molecule has 0 bridgehead atoms. The monoisotopic (exact) mass is 491 g/mol. The maximum Gasteiger partial charge on any atom is 0.172 e. The molecule has 1 N–H and O–H groups in total. The third-order valence-corrected chi connectivity index (χ3v) is 6.36. The fraction of sp³-hybridized carbons (Fsp3) is 0.409. The molecule has 1 saturated carbocycles. The summed E-state index contributed by atoms with van der Waals surface area (Å²) in [4.78, 5) is 15.9. The second-order valence-electron chi connectivity index (χ2n) is 8.20. The summed E-state index contributed by atoms with van der Waals surface area (Å²) in [5.41, 5.74) is 1.37. The number of nitrogens with zero attached hydrogens (tertiary/aromatic N) is 4. The van der Waals surface area contributed by atoms with Gasteiger partial charge in [-0.15, -0.1) is 0 Å². The Bertz CT molecular complexity index is 1120. The molecule has 162 valence electrons. The van der Waals surface area contributed by atoms with Crippen LogP contribution in [0.25, 0.3) is 11.0 Å². The number of pyridine rings is 1. The third-order valence-electron chi connectivity index (χ3n) is 5.93. The first-order valence-electron chi connectivity index (χ1n) is 10.4. The van der Waals surface area contributed by atoms with Crippen LogP contribution in [0.15, 0.2) is 35.1 Å². The van der Waals surface area contributed by atoms with Gasteiger partial charge in [0.2, 0.25) is 0 Å². The van der Waals surface area contributed by atoms with Crippen molar-refractivity contribution in [1.82, 2.24) is 15.0 Å². The van der Waals surface area contributed by atoms with E-state index in [-0.39, 0.29) is 11.5 Å². The Morgan fingerprint density at radius 3 is 2.52 bits per heavy atom. The summed E-state index contributed by atoms with van der Waals surface area (Å²) < 4.78 is 42.9. The molecule has 9 heteroatoms. The largest absolute Gasteiger partial charge is 0.364 e. The Morgan fingerprint density at radius 2 is 1.81 bits per heavy atom. The molecule has 0 spiro atoms. The lowest BCUT2D eigenvalue weighted by atomic mass is 9.88. The van der Waals surface area contributed by atoms with Gasteiger partial charge in [0.05, 0.1) is 11.7 Å². The minimum Gasteiger partial charge on any atom is -0.364 e. The predicted octanol–water partition coefficient (Wildman–Crippen LogP) is 5.57. The van der Waals surface area contributed by atoms with Gasteiger partial charge in [-0.3, -0.25) is 0 Å². The number of hydrogen-bond acceptors (Lipinski definition) is 5. The Morgan fingerprint density at radius 1 is 1.03 bits per heavy atom. The van der Waals surface area contributed by atoms with Crippen molar-refractivity contribution in [2.24, 2.45) is 5.92 Å². The van der Waals surface area contributed by atoms with Gasteiger partial charge in [0.15, 0.2) is 11.6 Å². The van der Waals surface area contributed by atoms with Crippen molar-refractivity contribution < 1.29 is 13.2 Å². The van der Waals surface area contributed by atoms with E-state index in [1.165, 1.54) is 6.07 Å². The average molecular weight is 492 g/mol. The Labute approximate surface area is 186 Å². The zero-order valence-electron chi connectivity index (χ0n) is 16.7. The first-order chi connectivity index (χ1) is 15.0. The minimum absolute atomic E-state index is 0.0712. The second-order valence-corrected chi connectivity index (χ2v) is 9.01. The molecule has 2 aliphatic rings. The maximum absolute atomic E-state index is 15.0. The molecule has 1 saturated heterocycles. The van der Waals surface area contributed by atoms with Crippen molar-refractivity contribution in [1.29, 1.82) is 0 Å². The zero-order valence-corrected chi connectivity index (χ0v) is 18.2. The fourth-order valence-corrected chi connectivity index (χ4v) is 4.37. The van der Waals surface area contributed by atoms with Crippen molar-refractivity contribution in [2.45, 2.75) is 37.9 Å². The molecule has 5 nitrogen and oxygen atoms in total. The van der Waals surface area contributed by atoms with Crippen LogP contribution >= 0.6 is 15.9 Å². The van der Waals surface area contributed by atoms with E-state index in [9.17, 15) is 8.78 Å². The zero-order chi connectivity index (χ0) is 21.5. The highest BCUT2D eigenvalue weighted by Gasteiger charge is 2.32. The maximum atomic E-state index is 15.0. The van der Waals surface area contributed by atoms with Gasteiger partial charge < -0.3 is 10.2 Å². The number of aromatic nitrogens is 3. The van der Waals surface area contributed by atoms with E-state index in [0.717, 1.165) is 42.1 Å². The van der Waals surface area contributed by atoms with Gasteiger partial charge in [-0.2, -0.15) is 0 Å². The average Bonchev–Trinajstić information content (AvgIpc) is 3.57. The van der Waals surface area contributed by atoms with E-state index in [0.29, 0.717) is 42.1 Å². The van der Waals surface area contributed by atoms with Crippen LogP contribution in [0.3, 0.4) is 0 Å². The number of alkyl halides is 1. The molecule has 3 aromatic rings. The fourth-order valence-electron chi connectivity index (χ4n) is 4.05. The van der Waals surface area contributed by atoms with Crippen LogP contribution in [-0.2, 0) is 0 Å². The first-order valence-corrected chi connectivity index (χ1v) is 11.2. The molecule has 0 amide bonds. The minimum atomic E-state index is -1.46. The number of fused-ring (bicyclic) bond motifs is 1. The van der Waals surface area contributed by atoms with Gasteiger partial charge in [0, 0.05) is 30.8 Å². The van der Waals surface area contributed by atoms with Crippen LogP contribution < -0.4 is 10.2 Å². The van der Waals surface area contributed by atoms with E-state index in [4.69, 9.17) is 9.97 Å². The van der Waals surface area contributed by atoms with Gasteiger partial charge in [-0.1, -0.05) is 6.07 Å². The van der Waals surface area contributed by atoms with Crippen molar-refractivity contribution in [2.75, 3.05) is 23.3 Å². The predicted molar refractivity (Wildman–Crippen MR) is 117 cm³/mol. The lowest BCUT2D eigenvalue weighted by Crippen LogP contribution is -2.36. The summed E-state index contributed by atoms with van der Waals surface area (Å²) in [6.07, 6.45) is 3.51. The molecular formula is C22H21BrF3N5. The lowest BCUT2D eigenvalue weighted by molar-refractivity contribution is 0.193. The molecule has 0 radical (unpaired) electrons. The number of piperidine rings is 1. The standard InChI is InChI=1S/C22H21BrF3N5/c23-19-10-17-18(11-27-19)30-22(21(29-17)28-14-2-3-14)31-7-5-12(6-8-31)20(26)15-4-1-13(24)9-16(15)25/h1,4,9-12,14,20H,2-3,5-8H2,(H,28,29)/t20-/m0/s1. The molecule has 1 atom stereocenters. The molecular weight excluding hydrogens is 471 g/mol. The summed E-state index contributed by atoms with van der Waals surface area (Å²) >= 11 is 3.37. The van der Waals surface area contributed by atoms with Crippen LogP contribution in [0.4, 0.5) is 24.8 Å². The van der Waals surface area contributed by atoms with Crippen molar-refractivity contribution in [3.05, 3.63) is 52.3 Å². The summed E-state index contributed by atoms with van der Waals surface area (Å²) in [6.45, 7) is 1.16. The SMILES string of the molecule is Fc1ccc([C@@H](F)C2CCN(c3nc4cnc(Br)cc4nc3NC3CC3)CC2)c(F)c1. The Balaban J connectivity index is 1.36. The van der Waals surface area contributed by atoms with E-state index in [1.807, 2.05) is 6.07 Å². The quantitative estimate of drug-likeness (QED) is 0.473. The van der Waals surface area contributed by atoms with Gasteiger partial charge in [-0.05, 0) is 59.7 Å². The molecule has 1 aliphatic carbocycles. The normalized spacial score (nSPS) is 18.4. The van der Waals surface area contributed by atoms with E-state index in [2.05, 4.69) is 31.1 Å². The summed E-state index contributed by atoms with van der Waals surface area (Å²) in [7, 11) is 0. The van der Waals surface area contributed by atoms with Crippen LogP contribution in [0, 0.1) is 17.6 Å². The molecule has 1 aromatic carbocycles. The van der Waals surface area contributed by atoms with Gasteiger partial charge in [0.1, 0.15) is 27.9 Å². The van der Waals surface area contributed by atoms with E-state index >= 15 is 4.39 Å². The number of nitrogens with one attached hydrogen (secondary N) is 1. The highest BCUT2D eigenvalue weighted by molar-refractivity contribution is 9.10. The smallest absolute Gasteiger partial charge is 0.172 e. The number of halogens is 4. The number of anilines is 2. The van der Waals surface area contributed by atoms with E-state index < -0.39 is 17.8 Å². The molecule has 2 aromatic heterocycles. The van der Waals surface area contributed by atoms with Gasteiger partial charge >= 0.3 is 0 Å². The number of rotatable bonds is 5. The number of benzene rings is 1. The second kappa shape index (κ2) is 8.26. The molecule has 3 heterocycles. The summed E-state index contributed by atoms with van der Waals surface area (Å²) in [5.74, 6) is -0.388. The van der Waals surface area contributed by atoms with Crippen molar-refractivity contribution in [3.63, 3.8) is 0 Å². The Kier molecular flexibility index (Phi) is 5.45. The Hall–Kier alpha value is -2.42. The van der Waals surface area contributed by atoms with Gasteiger partial charge in [-0.25, -0.2) is 28.1 Å². The molecule has 2 fully saturated rings.